The SMILES string of the molecule is CC(C)(C)CC(OCc1cc(F)cc(F)c1)C(=O)NC(C)(C)C.CC(C)(C)NC(=O)C(OCc1cc(F)cc(F)c1)C(C)(C)C.CC(C)C(OCc1cc(F)cc(F)c1)C(=O)NC(C)(C)C. The van der Waals surface area contributed by atoms with E-state index in [9.17, 15) is 40.7 Å². The maximum atomic E-state index is 13.2. The Kier molecular flexibility index (Phi) is 22.6. The minimum absolute atomic E-state index is 0.0188. The number of rotatable bonds is 14. The van der Waals surface area contributed by atoms with Gasteiger partial charge in [-0.15, -0.1) is 0 Å². The van der Waals surface area contributed by atoms with E-state index in [1.54, 1.807) is 0 Å². The van der Waals surface area contributed by atoms with Crippen molar-refractivity contribution in [2.45, 2.75) is 179 Å². The van der Waals surface area contributed by atoms with Crippen molar-refractivity contribution in [3.63, 3.8) is 0 Å². The molecule has 372 valence electrons. The van der Waals surface area contributed by atoms with Gasteiger partial charge in [-0.05, 0) is 139 Å². The van der Waals surface area contributed by atoms with Crippen molar-refractivity contribution in [2.24, 2.45) is 16.7 Å². The van der Waals surface area contributed by atoms with Crippen LogP contribution in [0.5, 0.6) is 0 Å². The molecule has 3 unspecified atom stereocenters. The lowest BCUT2D eigenvalue weighted by atomic mass is 9.88. The highest BCUT2D eigenvalue weighted by Gasteiger charge is 2.34. The van der Waals surface area contributed by atoms with Crippen LogP contribution in [0.1, 0.15) is 141 Å². The maximum absolute atomic E-state index is 13.2. The largest absolute Gasteiger partial charge is 0.364 e. The van der Waals surface area contributed by atoms with Crippen LogP contribution in [0.15, 0.2) is 54.6 Å². The van der Waals surface area contributed by atoms with E-state index in [4.69, 9.17) is 14.2 Å². The molecular formula is C51H75F6N3O6. The number of nitrogens with one attached hydrogen (secondary N) is 3. The highest BCUT2D eigenvalue weighted by atomic mass is 19.2. The molecule has 0 fully saturated rings. The zero-order chi connectivity index (χ0) is 51.2. The monoisotopic (exact) mass is 940 g/mol. The van der Waals surface area contributed by atoms with Crippen molar-refractivity contribution in [2.75, 3.05) is 0 Å². The Morgan fingerprint density at radius 1 is 0.455 bits per heavy atom. The van der Waals surface area contributed by atoms with Crippen molar-refractivity contribution in [3.05, 3.63) is 106 Å². The molecule has 3 aromatic rings. The van der Waals surface area contributed by atoms with Gasteiger partial charge in [0.25, 0.3) is 0 Å². The zero-order valence-electron chi connectivity index (χ0n) is 42.1. The Bertz CT molecular complexity index is 1970. The molecule has 0 aromatic heterocycles. The van der Waals surface area contributed by atoms with E-state index < -0.39 is 58.6 Å². The number of hydrogen-bond acceptors (Lipinski definition) is 6. The van der Waals surface area contributed by atoms with Gasteiger partial charge >= 0.3 is 0 Å². The van der Waals surface area contributed by atoms with Crippen LogP contribution < -0.4 is 16.0 Å². The first kappa shape index (κ1) is 59.5. The molecule has 9 nitrogen and oxygen atoms in total. The topological polar surface area (TPSA) is 115 Å². The predicted molar refractivity (Wildman–Crippen MR) is 247 cm³/mol. The lowest BCUT2D eigenvalue weighted by molar-refractivity contribution is -0.143. The molecule has 0 bridgehead atoms. The molecule has 0 aliphatic carbocycles. The van der Waals surface area contributed by atoms with Gasteiger partial charge in [0.2, 0.25) is 17.7 Å². The summed E-state index contributed by atoms with van der Waals surface area (Å²) >= 11 is 0. The molecule has 0 saturated heterocycles. The Morgan fingerprint density at radius 3 is 1.06 bits per heavy atom. The van der Waals surface area contributed by atoms with E-state index >= 15 is 0 Å². The van der Waals surface area contributed by atoms with E-state index in [1.807, 2.05) is 118 Å². The standard InChI is InChI=1S/C18H27F2NO2.C17H25F2NO2.C16H23F2NO2/c1-17(2,3)10-15(16(22)21-18(4,5)6)23-11-12-7-13(19)9-14(20)8-12;1-16(2,3)14(15(21)20-17(4,5)6)22-10-11-7-12(18)9-13(19)8-11;1-10(2)14(15(20)19-16(3,4)5)21-9-11-6-12(17)8-13(18)7-11/h7-9,15H,10-11H2,1-6H3,(H,21,22);7-9,14H,10H2,1-6H3,(H,20,21);6-8,10,14H,9H2,1-5H3,(H,19,20). The van der Waals surface area contributed by atoms with Crippen LogP contribution in [-0.4, -0.2) is 52.7 Å². The van der Waals surface area contributed by atoms with Crippen LogP contribution in [-0.2, 0) is 48.4 Å². The maximum Gasteiger partial charge on any atom is 0.250 e. The van der Waals surface area contributed by atoms with Crippen molar-refractivity contribution in [1.29, 1.82) is 0 Å². The molecule has 0 aliphatic heterocycles. The smallest absolute Gasteiger partial charge is 0.250 e. The quantitative estimate of drug-likeness (QED) is 0.139. The summed E-state index contributed by atoms with van der Waals surface area (Å²) in [5.74, 6) is -4.69. The summed E-state index contributed by atoms with van der Waals surface area (Å²) in [6.07, 6.45) is -1.57. The Balaban J connectivity index is 0.000000496. The number of amides is 3. The second kappa shape index (κ2) is 25.1. The van der Waals surface area contributed by atoms with E-state index in [1.165, 1.54) is 36.4 Å². The lowest BCUT2D eigenvalue weighted by Crippen LogP contribution is -2.50. The second-order valence-electron chi connectivity index (χ2n) is 22.1. The summed E-state index contributed by atoms with van der Waals surface area (Å²) in [4.78, 5) is 37.0. The Morgan fingerprint density at radius 2 is 0.758 bits per heavy atom. The second-order valence-corrected chi connectivity index (χ2v) is 22.1. The van der Waals surface area contributed by atoms with Crippen LogP contribution in [0.3, 0.4) is 0 Å². The van der Waals surface area contributed by atoms with Crippen LogP contribution in [0.4, 0.5) is 26.3 Å². The van der Waals surface area contributed by atoms with Gasteiger partial charge in [0.05, 0.1) is 19.8 Å². The number of benzene rings is 3. The third-order valence-corrected chi connectivity index (χ3v) is 8.54. The van der Waals surface area contributed by atoms with Crippen molar-refractivity contribution >= 4 is 17.7 Å². The summed E-state index contributed by atoms with van der Waals surface area (Å²) < 4.78 is 96.0. The van der Waals surface area contributed by atoms with Gasteiger partial charge in [-0.25, -0.2) is 26.3 Å². The molecule has 3 amide bonds. The number of carbonyl (C=O) groups is 3. The fourth-order valence-electron chi connectivity index (χ4n) is 6.04. The zero-order valence-corrected chi connectivity index (χ0v) is 42.1. The predicted octanol–water partition coefficient (Wildman–Crippen LogP) is 11.4. The summed E-state index contributed by atoms with van der Waals surface area (Å²) in [6, 6.07) is 9.62. The lowest BCUT2D eigenvalue weighted by Gasteiger charge is -2.32. The molecule has 15 heteroatoms. The van der Waals surface area contributed by atoms with Gasteiger partial charge in [-0.3, -0.25) is 14.4 Å². The molecule has 3 atom stereocenters. The highest BCUT2D eigenvalue weighted by Crippen LogP contribution is 2.26. The third kappa shape index (κ3) is 26.0. The van der Waals surface area contributed by atoms with Crippen LogP contribution in [0.2, 0.25) is 0 Å². The minimum Gasteiger partial charge on any atom is -0.364 e. The Labute approximate surface area is 389 Å². The molecule has 66 heavy (non-hydrogen) atoms. The molecule has 0 spiro atoms. The van der Waals surface area contributed by atoms with Crippen LogP contribution in [0.25, 0.3) is 0 Å². The first-order valence-corrected chi connectivity index (χ1v) is 22.0. The van der Waals surface area contributed by atoms with E-state index in [-0.39, 0.29) is 65.5 Å². The highest BCUT2D eigenvalue weighted by molar-refractivity contribution is 5.82. The van der Waals surface area contributed by atoms with E-state index in [0.717, 1.165) is 18.2 Å². The normalized spacial score (nSPS) is 13.6. The van der Waals surface area contributed by atoms with Gasteiger partial charge in [0.15, 0.2) is 0 Å². The van der Waals surface area contributed by atoms with E-state index in [2.05, 4.69) is 16.0 Å². The number of carbonyl (C=O) groups excluding carboxylic acids is 3. The number of hydrogen-bond donors (Lipinski definition) is 3. The third-order valence-electron chi connectivity index (χ3n) is 8.54. The van der Waals surface area contributed by atoms with Crippen molar-refractivity contribution in [3.8, 4) is 0 Å². The van der Waals surface area contributed by atoms with Gasteiger partial charge < -0.3 is 30.2 Å². The van der Waals surface area contributed by atoms with Gasteiger partial charge in [0, 0.05) is 34.8 Å². The number of ether oxygens (including phenoxy) is 3. The first-order valence-electron chi connectivity index (χ1n) is 22.0. The average Bonchev–Trinajstić information content (AvgIpc) is 3.06. The first-order chi connectivity index (χ1) is 29.8. The summed E-state index contributed by atoms with van der Waals surface area (Å²) in [5.41, 5.74) is -0.592. The molecule has 3 rings (SSSR count). The molecular weight excluding hydrogens is 865 g/mol. The molecule has 3 N–H and O–H groups in total. The van der Waals surface area contributed by atoms with Crippen LogP contribution in [0, 0.1) is 51.7 Å². The molecule has 0 radical (unpaired) electrons. The van der Waals surface area contributed by atoms with Crippen molar-refractivity contribution < 1.29 is 54.9 Å². The van der Waals surface area contributed by atoms with Gasteiger partial charge in [-0.1, -0.05) is 55.4 Å². The molecule has 0 saturated carbocycles. The fraction of sp³-hybridized carbons (Fsp3) is 0.588. The Hall–Kier alpha value is -4.47. The van der Waals surface area contributed by atoms with Crippen LogP contribution >= 0.6 is 0 Å². The summed E-state index contributed by atoms with van der Waals surface area (Å²) in [7, 11) is 0. The number of halogens is 6. The summed E-state index contributed by atoms with van der Waals surface area (Å²) in [6.45, 7) is 32.3. The van der Waals surface area contributed by atoms with Gasteiger partial charge in [0.1, 0.15) is 53.2 Å². The van der Waals surface area contributed by atoms with E-state index in [0.29, 0.717) is 23.1 Å². The molecule has 3 aromatic carbocycles. The molecule has 0 heterocycles. The average molecular weight is 940 g/mol. The van der Waals surface area contributed by atoms with Gasteiger partial charge in [-0.2, -0.15) is 0 Å². The molecule has 0 aliphatic rings. The van der Waals surface area contributed by atoms with Crippen molar-refractivity contribution in [1.82, 2.24) is 16.0 Å². The fourth-order valence-corrected chi connectivity index (χ4v) is 6.04. The summed E-state index contributed by atoms with van der Waals surface area (Å²) in [5, 5.41) is 8.61. The minimum atomic E-state index is -0.724.